The molecule has 1 aromatic carbocycles. The number of benzene rings is 1. The van der Waals surface area contributed by atoms with Crippen LogP contribution < -0.4 is 0 Å². The van der Waals surface area contributed by atoms with Crippen LogP contribution in [0.5, 0.6) is 0 Å². The van der Waals surface area contributed by atoms with Gasteiger partial charge in [0.15, 0.2) is 0 Å². The molecule has 0 bridgehead atoms. The SMILES string of the molecule is CN(C(=O)c1cc(S(=O)(=O)N2CCCC2)ccc1Br)C1CCCCC1. The van der Waals surface area contributed by atoms with Gasteiger partial charge >= 0.3 is 0 Å². The third-order valence-electron chi connectivity index (χ3n) is 5.31. The minimum absolute atomic E-state index is 0.114. The standard InChI is InChI=1S/C18H25BrN2O3S/c1-20(14-7-3-2-4-8-14)18(22)16-13-15(9-10-17(16)19)25(23,24)21-11-5-6-12-21/h9-10,13-14H,2-8,11-12H2,1H3. The molecule has 0 spiro atoms. The van der Waals surface area contributed by atoms with Crippen molar-refractivity contribution >= 4 is 31.9 Å². The van der Waals surface area contributed by atoms with Gasteiger partial charge in [0.25, 0.3) is 5.91 Å². The van der Waals surface area contributed by atoms with Crippen LogP contribution in [0.2, 0.25) is 0 Å². The van der Waals surface area contributed by atoms with Gasteiger partial charge in [-0.2, -0.15) is 4.31 Å². The third kappa shape index (κ3) is 3.93. The minimum Gasteiger partial charge on any atom is -0.339 e. The molecule has 2 aliphatic rings. The fourth-order valence-electron chi connectivity index (χ4n) is 3.73. The molecule has 138 valence electrons. The van der Waals surface area contributed by atoms with E-state index in [0.717, 1.165) is 38.5 Å². The van der Waals surface area contributed by atoms with Crippen molar-refractivity contribution in [2.75, 3.05) is 20.1 Å². The van der Waals surface area contributed by atoms with Crippen molar-refractivity contribution in [3.05, 3.63) is 28.2 Å². The average Bonchev–Trinajstić information content (AvgIpc) is 3.17. The summed E-state index contributed by atoms with van der Waals surface area (Å²) in [6.45, 7) is 1.12. The van der Waals surface area contributed by atoms with E-state index in [1.807, 2.05) is 7.05 Å². The van der Waals surface area contributed by atoms with Crippen LogP contribution in [-0.2, 0) is 10.0 Å². The van der Waals surface area contributed by atoms with E-state index in [9.17, 15) is 13.2 Å². The molecule has 7 heteroatoms. The highest BCUT2D eigenvalue weighted by Crippen LogP contribution is 2.28. The summed E-state index contributed by atoms with van der Waals surface area (Å²) in [5.74, 6) is -0.114. The molecule has 1 saturated heterocycles. The van der Waals surface area contributed by atoms with Crippen LogP contribution in [0.4, 0.5) is 0 Å². The summed E-state index contributed by atoms with van der Waals surface area (Å²) < 4.78 is 27.7. The zero-order valence-corrected chi connectivity index (χ0v) is 17.0. The zero-order valence-electron chi connectivity index (χ0n) is 14.6. The highest BCUT2D eigenvalue weighted by atomic mass is 79.9. The number of halogens is 1. The average molecular weight is 429 g/mol. The first-order valence-electron chi connectivity index (χ1n) is 8.98. The number of nitrogens with zero attached hydrogens (tertiary/aromatic N) is 2. The number of sulfonamides is 1. The van der Waals surface area contributed by atoms with E-state index in [1.165, 1.54) is 16.8 Å². The Morgan fingerprint density at radius 1 is 1.12 bits per heavy atom. The molecule has 1 aliphatic carbocycles. The highest BCUT2D eigenvalue weighted by molar-refractivity contribution is 9.10. The highest BCUT2D eigenvalue weighted by Gasteiger charge is 2.30. The van der Waals surface area contributed by atoms with Crippen LogP contribution in [0.15, 0.2) is 27.6 Å². The van der Waals surface area contributed by atoms with Gasteiger partial charge in [0.2, 0.25) is 10.0 Å². The lowest BCUT2D eigenvalue weighted by Crippen LogP contribution is -2.38. The minimum atomic E-state index is -3.52. The van der Waals surface area contributed by atoms with Crippen LogP contribution in [0.3, 0.4) is 0 Å². The number of hydrogen-bond acceptors (Lipinski definition) is 3. The predicted octanol–water partition coefficient (Wildman–Crippen LogP) is 3.64. The molecule has 5 nitrogen and oxygen atoms in total. The molecule has 1 aliphatic heterocycles. The molecule has 0 atom stereocenters. The van der Waals surface area contributed by atoms with Gasteiger partial charge in [0, 0.05) is 30.7 Å². The fourth-order valence-corrected chi connectivity index (χ4v) is 5.69. The van der Waals surface area contributed by atoms with Crippen molar-refractivity contribution < 1.29 is 13.2 Å². The maximum atomic E-state index is 13.0. The van der Waals surface area contributed by atoms with E-state index >= 15 is 0 Å². The van der Waals surface area contributed by atoms with Gasteiger partial charge in [0.1, 0.15) is 0 Å². The summed E-state index contributed by atoms with van der Waals surface area (Å²) in [4.78, 5) is 14.9. The van der Waals surface area contributed by atoms with E-state index < -0.39 is 10.0 Å². The van der Waals surface area contributed by atoms with Gasteiger partial charge in [-0.15, -0.1) is 0 Å². The van der Waals surface area contributed by atoms with Crippen molar-refractivity contribution in [3.8, 4) is 0 Å². The molecule has 0 aromatic heterocycles. The van der Waals surface area contributed by atoms with Crippen molar-refractivity contribution in [1.29, 1.82) is 0 Å². The summed E-state index contributed by atoms with van der Waals surface area (Å²) in [5.41, 5.74) is 0.424. The molecule has 1 aromatic rings. The molecular formula is C18H25BrN2O3S. The molecule has 3 rings (SSSR count). The number of rotatable bonds is 4. The van der Waals surface area contributed by atoms with Gasteiger partial charge in [0.05, 0.1) is 10.5 Å². The summed E-state index contributed by atoms with van der Waals surface area (Å²) in [6.07, 6.45) is 7.35. The van der Waals surface area contributed by atoms with E-state index in [4.69, 9.17) is 0 Å². The molecule has 0 unspecified atom stereocenters. The van der Waals surface area contributed by atoms with Gasteiger partial charge in [-0.25, -0.2) is 8.42 Å². The second-order valence-electron chi connectivity index (χ2n) is 6.96. The predicted molar refractivity (Wildman–Crippen MR) is 101 cm³/mol. The first-order valence-corrected chi connectivity index (χ1v) is 11.2. The molecular weight excluding hydrogens is 404 g/mol. The van der Waals surface area contributed by atoms with Crippen LogP contribution in [0, 0.1) is 0 Å². The van der Waals surface area contributed by atoms with E-state index in [0.29, 0.717) is 23.1 Å². The maximum absolute atomic E-state index is 13.0. The summed E-state index contributed by atoms with van der Waals surface area (Å²) in [7, 11) is -1.69. The second kappa shape index (κ2) is 7.76. The van der Waals surface area contributed by atoms with Crippen molar-refractivity contribution in [3.63, 3.8) is 0 Å². The Morgan fingerprint density at radius 3 is 2.40 bits per heavy atom. The first-order chi connectivity index (χ1) is 11.9. The van der Waals surface area contributed by atoms with E-state index in [2.05, 4.69) is 15.9 Å². The molecule has 25 heavy (non-hydrogen) atoms. The topological polar surface area (TPSA) is 57.7 Å². The smallest absolute Gasteiger partial charge is 0.255 e. The van der Waals surface area contributed by atoms with Crippen LogP contribution in [0.25, 0.3) is 0 Å². The van der Waals surface area contributed by atoms with Gasteiger partial charge in [-0.3, -0.25) is 4.79 Å². The van der Waals surface area contributed by atoms with Crippen molar-refractivity contribution in [1.82, 2.24) is 9.21 Å². The number of amides is 1. The zero-order chi connectivity index (χ0) is 18.0. The Morgan fingerprint density at radius 2 is 1.76 bits per heavy atom. The molecule has 1 heterocycles. The Kier molecular flexibility index (Phi) is 5.85. The molecule has 1 saturated carbocycles. The summed E-state index contributed by atoms with van der Waals surface area (Å²) >= 11 is 3.42. The lowest BCUT2D eigenvalue weighted by Gasteiger charge is -2.31. The molecule has 0 radical (unpaired) electrons. The third-order valence-corrected chi connectivity index (χ3v) is 7.90. The summed E-state index contributed by atoms with van der Waals surface area (Å²) in [5, 5.41) is 0. The van der Waals surface area contributed by atoms with Gasteiger partial charge in [-0.05, 0) is 59.8 Å². The Hall–Kier alpha value is -0.920. The lowest BCUT2D eigenvalue weighted by atomic mass is 9.94. The Balaban J connectivity index is 1.87. The van der Waals surface area contributed by atoms with Crippen LogP contribution >= 0.6 is 15.9 Å². The lowest BCUT2D eigenvalue weighted by molar-refractivity contribution is 0.0695. The second-order valence-corrected chi connectivity index (χ2v) is 9.75. The number of hydrogen-bond donors (Lipinski definition) is 0. The Bertz CT molecular complexity index is 739. The maximum Gasteiger partial charge on any atom is 0.255 e. The van der Waals surface area contributed by atoms with E-state index in [1.54, 1.807) is 17.0 Å². The van der Waals surface area contributed by atoms with Crippen molar-refractivity contribution in [2.24, 2.45) is 0 Å². The first kappa shape index (κ1) is 18.9. The monoisotopic (exact) mass is 428 g/mol. The Labute approximate surface area is 158 Å². The summed E-state index contributed by atoms with van der Waals surface area (Å²) in [6, 6.07) is 5.02. The van der Waals surface area contributed by atoms with Crippen molar-refractivity contribution in [2.45, 2.75) is 55.9 Å². The van der Waals surface area contributed by atoms with E-state index in [-0.39, 0.29) is 16.8 Å². The van der Waals surface area contributed by atoms with Crippen LogP contribution in [-0.4, -0.2) is 49.7 Å². The fraction of sp³-hybridized carbons (Fsp3) is 0.611. The van der Waals surface area contributed by atoms with Gasteiger partial charge in [-0.1, -0.05) is 19.3 Å². The molecule has 2 fully saturated rings. The molecule has 1 amide bonds. The van der Waals surface area contributed by atoms with Crippen LogP contribution in [0.1, 0.15) is 55.3 Å². The largest absolute Gasteiger partial charge is 0.339 e. The van der Waals surface area contributed by atoms with Gasteiger partial charge < -0.3 is 4.90 Å². The number of carbonyl (C=O) groups is 1. The number of carbonyl (C=O) groups excluding carboxylic acids is 1. The normalized spacial score (nSPS) is 19.9. The molecule has 0 N–H and O–H groups in total. The quantitative estimate of drug-likeness (QED) is 0.735.